The summed E-state index contributed by atoms with van der Waals surface area (Å²) in [5.41, 5.74) is 3.26. The van der Waals surface area contributed by atoms with Gasteiger partial charge in [0.25, 0.3) is 0 Å². The first kappa shape index (κ1) is 14.3. The zero-order chi connectivity index (χ0) is 15.1. The third-order valence-corrected chi connectivity index (χ3v) is 3.84. The highest BCUT2D eigenvalue weighted by Gasteiger charge is 2.14. The van der Waals surface area contributed by atoms with Crippen LogP contribution in [0.2, 0.25) is 10.2 Å². The van der Waals surface area contributed by atoms with Gasteiger partial charge in [0.05, 0.1) is 10.7 Å². The molecule has 3 rings (SSSR count). The summed E-state index contributed by atoms with van der Waals surface area (Å²) in [4.78, 5) is 13.2. The predicted molar refractivity (Wildman–Crippen MR) is 85.9 cm³/mol. The SMILES string of the molecule is Cc1nc2ccc(-c3cc(Cl)ncc3Cl)nc2n1C(C)C. The van der Waals surface area contributed by atoms with Crippen molar-refractivity contribution in [2.24, 2.45) is 0 Å². The van der Waals surface area contributed by atoms with E-state index < -0.39 is 0 Å². The van der Waals surface area contributed by atoms with Crippen LogP contribution in [0.25, 0.3) is 22.4 Å². The fourth-order valence-electron chi connectivity index (χ4n) is 2.46. The van der Waals surface area contributed by atoms with Crippen LogP contribution >= 0.6 is 23.2 Å². The molecule has 0 atom stereocenters. The highest BCUT2D eigenvalue weighted by atomic mass is 35.5. The van der Waals surface area contributed by atoms with Crippen molar-refractivity contribution in [3.05, 3.63) is 40.4 Å². The third kappa shape index (κ3) is 2.49. The summed E-state index contributed by atoms with van der Waals surface area (Å²) >= 11 is 12.2. The van der Waals surface area contributed by atoms with Crippen LogP contribution in [-0.4, -0.2) is 19.5 Å². The van der Waals surface area contributed by atoms with E-state index >= 15 is 0 Å². The minimum atomic E-state index is 0.286. The van der Waals surface area contributed by atoms with Crippen LogP contribution in [0, 0.1) is 6.92 Å². The highest BCUT2D eigenvalue weighted by Crippen LogP contribution is 2.30. The van der Waals surface area contributed by atoms with Gasteiger partial charge < -0.3 is 4.57 Å². The third-order valence-electron chi connectivity index (χ3n) is 3.33. The van der Waals surface area contributed by atoms with E-state index in [0.717, 1.165) is 28.2 Å². The first-order chi connectivity index (χ1) is 9.97. The molecule has 0 radical (unpaired) electrons. The molecular formula is C15H14Cl2N4. The van der Waals surface area contributed by atoms with Crippen molar-refractivity contribution in [3.63, 3.8) is 0 Å². The van der Waals surface area contributed by atoms with Crippen LogP contribution < -0.4 is 0 Å². The highest BCUT2D eigenvalue weighted by molar-refractivity contribution is 6.34. The minimum Gasteiger partial charge on any atom is -0.310 e. The molecule has 0 unspecified atom stereocenters. The Labute approximate surface area is 132 Å². The number of imidazole rings is 1. The Morgan fingerprint density at radius 3 is 2.62 bits per heavy atom. The molecule has 0 aromatic carbocycles. The molecule has 0 spiro atoms. The quantitative estimate of drug-likeness (QED) is 0.643. The van der Waals surface area contributed by atoms with E-state index in [4.69, 9.17) is 28.2 Å². The molecule has 0 amide bonds. The Bertz CT molecular complexity index is 824. The van der Waals surface area contributed by atoms with Crippen LogP contribution in [0.15, 0.2) is 24.4 Å². The molecule has 3 aromatic heterocycles. The van der Waals surface area contributed by atoms with Gasteiger partial charge in [0.15, 0.2) is 5.65 Å². The van der Waals surface area contributed by atoms with Crippen LogP contribution in [0.5, 0.6) is 0 Å². The number of pyridine rings is 2. The second-order valence-electron chi connectivity index (χ2n) is 5.15. The van der Waals surface area contributed by atoms with Crippen molar-refractivity contribution in [1.82, 2.24) is 19.5 Å². The second kappa shape index (κ2) is 5.28. The topological polar surface area (TPSA) is 43.6 Å². The fourth-order valence-corrected chi connectivity index (χ4v) is 2.82. The van der Waals surface area contributed by atoms with Gasteiger partial charge in [-0.1, -0.05) is 23.2 Å². The number of hydrogen-bond donors (Lipinski definition) is 0. The van der Waals surface area contributed by atoms with Gasteiger partial charge in [-0.3, -0.25) is 0 Å². The summed E-state index contributed by atoms with van der Waals surface area (Å²) in [5.74, 6) is 0.948. The number of rotatable bonds is 2. The van der Waals surface area contributed by atoms with Gasteiger partial charge in [-0.25, -0.2) is 15.0 Å². The van der Waals surface area contributed by atoms with Crippen molar-refractivity contribution in [2.75, 3.05) is 0 Å². The number of hydrogen-bond acceptors (Lipinski definition) is 3. The van der Waals surface area contributed by atoms with Gasteiger partial charge >= 0.3 is 0 Å². The van der Waals surface area contributed by atoms with Crippen LogP contribution in [-0.2, 0) is 0 Å². The summed E-state index contributed by atoms with van der Waals surface area (Å²) in [6.45, 7) is 6.20. The number of halogens is 2. The smallest absolute Gasteiger partial charge is 0.160 e. The minimum absolute atomic E-state index is 0.286. The molecule has 0 bridgehead atoms. The van der Waals surface area contributed by atoms with Gasteiger partial charge in [-0.05, 0) is 39.0 Å². The van der Waals surface area contributed by atoms with Crippen molar-refractivity contribution in [1.29, 1.82) is 0 Å². The van der Waals surface area contributed by atoms with Gasteiger partial charge in [-0.15, -0.1) is 0 Å². The Kier molecular flexibility index (Phi) is 3.59. The molecule has 4 nitrogen and oxygen atoms in total. The van der Waals surface area contributed by atoms with E-state index in [1.165, 1.54) is 6.20 Å². The molecule has 0 aliphatic heterocycles. The molecular weight excluding hydrogens is 307 g/mol. The zero-order valence-corrected chi connectivity index (χ0v) is 13.4. The predicted octanol–water partition coefficient (Wildman–Crippen LogP) is 4.69. The lowest BCUT2D eigenvalue weighted by molar-refractivity contribution is 0.595. The lowest BCUT2D eigenvalue weighted by Crippen LogP contribution is -2.04. The van der Waals surface area contributed by atoms with Gasteiger partial charge in [-0.2, -0.15) is 0 Å². The lowest BCUT2D eigenvalue weighted by Gasteiger charge is -2.11. The first-order valence-electron chi connectivity index (χ1n) is 6.64. The first-order valence-corrected chi connectivity index (χ1v) is 7.40. The summed E-state index contributed by atoms with van der Waals surface area (Å²) in [5, 5.41) is 0.920. The largest absolute Gasteiger partial charge is 0.310 e. The molecule has 108 valence electrons. The maximum absolute atomic E-state index is 6.21. The van der Waals surface area contributed by atoms with Gasteiger partial charge in [0.2, 0.25) is 0 Å². The van der Waals surface area contributed by atoms with Crippen LogP contribution in [0.1, 0.15) is 25.7 Å². The normalized spacial score (nSPS) is 11.5. The zero-order valence-electron chi connectivity index (χ0n) is 11.9. The lowest BCUT2D eigenvalue weighted by atomic mass is 10.2. The maximum atomic E-state index is 6.21. The Morgan fingerprint density at radius 1 is 1.14 bits per heavy atom. The monoisotopic (exact) mass is 320 g/mol. The Balaban J connectivity index is 2.25. The number of aryl methyl sites for hydroxylation is 1. The number of fused-ring (bicyclic) bond motifs is 1. The molecule has 21 heavy (non-hydrogen) atoms. The van der Waals surface area contributed by atoms with E-state index in [1.54, 1.807) is 6.07 Å². The van der Waals surface area contributed by atoms with Crippen LogP contribution in [0.4, 0.5) is 0 Å². The maximum Gasteiger partial charge on any atom is 0.160 e. The number of nitrogens with zero attached hydrogens (tertiary/aromatic N) is 4. The molecule has 0 saturated heterocycles. The standard InChI is InChI=1S/C15H14Cl2N4/c1-8(2)21-9(3)19-13-5-4-12(20-15(13)21)10-6-14(17)18-7-11(10)16/h4-8H,1-3H3. The average Bonchev–Trinajstić information content (AvgIpc) is 2.76. The molecule has 0 aliphatic rings. The van der Waals surface area contributed by atoms with Crippen molar-refractivity contribution < 1.29 is 0 Å². The van der Waals surface area contributed by atoms with E-state index in [1.807, 2.05) is 19.1 Å². The van der Waals surface area contributed by atoms with Gasteiger partial charge in [0.1, 0.15) is 16.5 Å². The molecule has 3 heterocycles. The molecule has 0 N–H and O–H groups in total. The summed E-state index contributed by atoms with van der Waals surface area (Å²) in [7, 11) is 0. The van der Waals surface area contributed by atoms with Crippen molar-refractivity contribution in [3.8, 4) is 11.3 Å². The Morgan fingerprint density at radius 2 is 1.90 bits per heavy atom. The second-order valence-corrected chi connectivity index (χ2v) is 5.94. The fraction of sp³-hybridized carbons (Fsp3) is 0.267. The van der Waals surface area contributed by atoms with Crippen molar-refractivity contribution >= 4 is 34.4 Å². The number of aromatic nitrogens is 4. The van der Waals surface area contributed by atoms with Crippen LogP contribution in [0.3, 0.4) is 0 Å². The van der Waals surface area contributed by atoms with Crippen molar-refractivity contribution in [2.45, 2.75) is 26.8 Å². The summed E-state index contributed by atoms with van der Waals surface area (Å²) in [6.07, 6.45) is 1.54. The van der Waals surface area contributed by atoms with Gasteiger partial charge in [0, 0.05) is 17.8 Å². The molecule has 0 aliphatic carbocycles. The summed E-state index contributed by atoms with van der Waals surface area (Å²) in [6, 6.07) is 5.86. The summed E-state index contributed by atoms with van der Waals surface area (Å²) < 4.78 is 2.11. The van der Waals surface area contributed by atoms with E-state index in [-0.39, 0.29) is 6.04 Å². The van der Waals surface area contributed by atoms with E-state index in [9.17, 15) is 0 Å². The van der Waals surface area contributed by atoms with E-state index in [0.29, 0.717) is 10.2 Å². The average molecular weight is 321 g/mol. The van der Waals surface area contributed by atoms with E-state index in [2.05, 4.69) is 28.4 Å². The Hall–Kier alpha value is -1.65. The molecule has 3 aromatic rings. The molecule has 6 heteroatoms. The molecule has 0 saturated carbocycles. The molecule has 0 fully saturated rings.